The van der Waals surface area contributed by atoms with Gasteiger partial charge in [-0.25, -0.2) is 9.97 Å². The molecule has 19 heavy (non-hydrogen) atoms. The Morgan fingerprint density at radius 3 is 2.68 bits per heavy atom. The van der Waals surface area contributed by atoms with Crippen LogP contribution >= 0.6 is 15.9 Å². The first-order valence-corrected chi connectivity index (χ1v) is 7.09. The molecule has 100 valence electrons. The van der Waals surface area contributed by atoms with Crippen molar-refractivity contribution in [2.45, 2.75) is 26.7 Å². The Bertz CT molecular complexity index is 584. The van der Waals surface area contributed by atoms with Crippen LogP contribution in [0.3, 0.4) is 0 Å². The van der Waals surface area contributed by atoms with Crippen molar-refractivity contribution in [3.05, 3.63) is 40.1 Å². The Hall–Kier alpha value is -1.62. The van der Waals surface area contributed by atoms with Crippen molar-refractivity contribution in [1.82, 2.24) is 9.97 Å². The van der Waals surface area contributed by atoms with Gasteiger partial charge in [-0.3, -0.25) is 0 Å². The van der Waals surface area contributed by atoms with Gasteiger partial charge in [0.05, 0.1) is 0 Å². The Morgan fingerprint density at radius 2 is 2.00 bits per heavy atom. The summed E-state index contributed by atoms with van der Waals surface area (Å²) < 4.78 is 1.08. The molecular weight excluding hydrogens is 304 g/mol. The Kier molecular flexibility index (Phi) is 4.37. The molecule has 0 unspecified atom stereocenters. The number of hydrogen-bond donors (Lipinski definition) is 2. The van der Waals surface area contributed by atoms with E-state index in [0.717, 1.165) is 34.4 Å². The number of nitrogens with two attached hydrogens (primary N) is 1. The normalized spacial score (nSPS) is 10.5. The Balaban J connectivity index is 2.39. The van der Waals surface area contributed by atoms with E-state index >= 15 is 0 Å². The fourth-order valence-corrected chi connectivity index (χ4v) is 2.40. The predicted octanol–water partition coefficient (Wildman–Crippen LogP) is 3.69. The summed E-state index contributed by atoms with van der Waals surface area (Å²) in [6.07, 6.45) is 3.23. The van der Waals surface area contributed by atoms with E-state index in [0.29, 0.717) is 5.82 Å². The SMILES string of the molecule is CCc1cc(Br)ccc1Nc1ncnc(N)c1CC. The first-order valence-electron chi connectivity index (χ1n) is 6.30. The second-order valence-corrected chi connectivity index (χ2v) is 5.14. The number of nitrogens with zero attached hydrogens (tertiary/aromatic N) is 2. The molecule has 0 atom stereocenters. The Labute approximate surface area is 121 Å². The molecule has 0 bridgehead atoms. The van der Waals surface area contributed by atoms with Gasteiger partial charge in [-0.05, 0) is 36.6 Å². The number of hydrogen-bond acceptors (Lipinski definition) is 4. The number of benzene rings is 1. The zero-order valence-electron chi connectivity index (χ0n) is 11.1. The van der Waals surface area contributed by atoms with Crippen LogP contribution in [0.1, 0.15) is 25.0 Å². The van der Waals surface area contributed by atoms with Crippen LogP contribution in [0.25, 0.3) is 0 Å². The fourth-order valence-electron chi connectivity index (χ4n) is 1.99. The zero-order valence-corrected chi connectivity index (χ0v) is 12.7. The average molecular weight is 321 g/mol. The minimum absolute atomic E-state index is 0.537. The molecule has 3 N–H and O–H groups in total. The highest BCUT2D eigenvalue weighted by Gasteiger charge is 2.09. The van der Waals surface area contributed by atoms with Crippen molar-refractivity contribution in [3.63, 3.8) is 0 Å². The largest absolute Gasteiger partial charge is 0.383 e. The van der Waals surface area contributed by atoms with Gasteiger partial charge in [0.1, 0.15) is 18.0 Å². The summed E-state index contributed by atoms with van der Waals surface area (Å²) in [4.78, 5) is 8.32. The van der Waals surface area contributed by atoms with Crippen LogP contribution in [-0.2, 0) is 12.8 Å². The molecule has 1 aromatic heterocycles. The first kappa shape index (κ1) is 13.8. The molecule has 2 rings (SSSR count). The van der Waals surface area contributed by atoms with E-state index in [-0.39, 0.29) is 0 Å². The number of rotatable bonds is 4. The lowest BCUT2D eigenvalue weighted by Gasteiger charge is -2.14. The molecular formula is C14H17BrN4. The molecule has 0 aliphatic rings. The van der Waals surface area contributed by atoms with Gasteiger partial charge >= 0.3 is 0 Å². The van der Waals surface area contributed by atoms with Crippen LogP contribution in [0.15, 0.2) is 29.0 Å². The molecule has 1 heterocycles. The highest BCUT2D eigenvalue weighted by molar-refractivity contribution is 9.10. The second-order valence-electron chi connectivity index (χ2n) is 4.22. The molecule has 0 fully saturated rings. The molecule has 0 saturated carbocycles. The maximum absolute atomic E-state index is 5.88. The third-order valence-electron chi connectivity index (χ3n) is 3.03. The summed E-state index contributed by atoms with van der Waals surface area (Å²) in [5, 5.41) is 3.36. The van der Waals surface area contributed by atoms with Gasteiger partial charge in [-0.1, -0.05) is 29.8 Å². The number of nitrogens with one attached hydrogen (secondary N) is 1. The molecule has 4 nitrogen and oxygen atoms in total. The van der Waals surface area contributed by atoms with Crippen molar-refractivity contribution in [1.29, 1.82) is 0 Å². The molecule has 0 spiro atoms. The number of nitrogen functional groups attached to an aromatic ring is 1. The smallest absolute Gasteiger partial charge is 0.139 e. The zero-order chi connectivity index (χ0) is 13.8. The number of aromatic nitrogens is 2. The highest BCUT2D eigenvalue weighted by atomic mass is 79.9. The molecule has 0 aliphatic carbocycles. The summed E-state index contributed by atoms with van der Waals surface area (Å²) in [5.41, 5.74) is 9.12. The third-order valence-corrected chi connectivity index (χ3v) is 3.53. The monoisotopic (exact) mass is 320 g/mol. The summed E-state index contributed by atoms with van der Waals surface area (Å²) in [6, 6.07) is 6.16. The van der Waals surface area contributed by atoms with E-state index in [9.17, 15) is 0 Å². The highest BCUT2D eigenvalue weighted by Crippen LogP contribution is 2.27. The Morgan fingerprint density at radius 1 is 1.21 bits per heavy atom. The van der Waals surface area contributed by atoms with Crippen LogP contribution in [0.5, 0.6) is 0 Å². The van der Waals surface area contributed by atoms with Gasteiger partial charge in [0, 0.05) is 15.7 Å². The van der Waals surface area contributed by atoms with Crippen molar-refractivity contribution in [2.75, 3.05) is 11.1 Å². The summed E-state index contributed by atoms with van der Waals surface area (Å²) in [7, 11) is 0. The van der Waals surface area contributed by atoms with E-state index in [4.69, 9.17) is 5.73 Å². The number of anilines is 3. The molecule has 1 aromatic carbocycles. The van der Waals surface area contributed by atoms with E-state index in [1.165, 1.54) is 11.9 Å². The van der Waals surface area contributed by atoms with Crippen LogP contribution in [0.4, 0.5) is 17.3 Å². The minimum Gasteiger partial charge on any atom is -0.383 e. The van der Waals surface area contributed by atoms with Crippen LogP contribution in [0.2, 0.25) is 0 Å². The molecule has 0 saturated heterocycles. The van der Waals surface area contributed by atoms with Gasteiger partial charge in [0.2, 0.25) is 0 Å². The maximum Gasteiger partial charge on any atom is 0.139 e. The summed E-state index contributed by atoms with van der Waals surface area (Å²) in [5.74, 6) is 1.32. The lowest BCUT2D eigenvalue weighted by Crippen LogP contribution is -2.05. The van der Waals surface area contributed by atoms with Crippen LogP contribution in [0, 0.1) is 0 Å². The summed E-state index contributed by atoms with van der Waals surface area (Å²) >= 11 is 3.49. The van der Waals surface area contributed by atoms with Gasteiger partial charge in [-0.2, -0.15) is 0 Å². The predicted molar refractivity (Wildman–Crippen MR) is 82.6 cm³/mol. The van der Waals surface area contributed by atoms with Crippen molar-refractivity contribution < 1.29 is 0 Å². The van der Waals surface area contributed by atoms with E-state index in [1.54, 1.807) is 0 Å². The standard InChI is InChI=1S/C14H17BrN4/c1-3-9-7-10(15)5-6-12(9)19-14-11(4-2)13(16)17-8-18-14/h5-8H,3-4H2,1-2H3,(H3,16,17,18,19). The molecule has 0 amide bonds. The fraction of sp³-hybridized carbons (Fsp3) is 0.286. The maximum atomic E-state index is 5.88. The quantitative estimate of drug-likeness (QED) is 0.901. The number of halogens is 1. The van der Waals surface area contributed by atoms with E-state index in [2.05, 4.69) is 44.2 Å². The van der Waals surface area contributed by atoms with Gasteiger partial charge in [0.25, 0.3) is 0 Å². The van der Waals surface area contributed by atoms with Crippen molar-refractivity contribution in [3.8, 4) is 0 Å². The molecule has 2 aromatic rings. The lowest BCUT2D eigenvalue weighted by molar-refractivity contribution is 1.05. The third kappa shape index (κ3) is 3.04. The average Bonchev–Trinajstić information content (AvgIpc) is 2.41. The molecule has 0 aliphatic heterocycles. The van der Waals surface area contributed by atoms with Crippen LogP contribution < -0.4 is 11.1 Å². The van der Waals surface area contributed by atoms with E-state index in [1.807, 2.05) is 19.1 Å². The van der Waals surface area contributed by atoms with Crippen LogP contribution in [-0.4, -0.2) is 9.97 Å². The lowest BCUT2D eigenvalue weighted by atomic mass is 10.1. The van der Waals surface area contributed by atoms with Crippen molar-refractivity contribution in [2.24, 2.45) is 0 Å². The topological polar surface area (TPSA) is 63.8 Å². The summed E-state index contributed by atoms with van der Waals surface area (Å²) in [6.45, 7) is 4.17. The number of aryl methyl sites for hydroxylation is 1. The minimum atomic E-state index is 0.537. The van der Waals surface area contributed by atoms with Gasteiger partial charge in [0.15, 0.2) is 0 Å². The van der Waals surface area contributed by atoms with Crippen molar-refractivity contribution >= 4 is 33.3 Å². The molecule has 0 radical (unpaired) electrons. The second kappa shape index (κ2) is 6.02. The molecule has 5 heteroatoms. The first-order chi connectivity index (χ1) is 9.15. The van der Waals surface area contributed by atoms with E-state index < -0.39 is 0 Å². The van der Waals surface area contributed by atoms with Gasteiger partial charge in [-0.15, -0.1) is 0 Å². The van der Waals surface area contributed by atoms with Gasteiger partial charge < -0.3 is 11.1 Å².